The number of methoxy groups -OCH3 is 1. The molecule has 1 N–H and O–H groups in total. The second-order valence-electron chi connectivity index (χ2n) is 6.67. The van der Waals surface area contributed by atoms with E-state index >= 15 is 0 Å². The Labute approximate surface area is 147 Å². The number of ether oxygens (including phenoxy) is 1. The van der Waals surface area contributed by atoms with Crippen LogP contribution in [0.3, 0.4) is 0 Å². The standard InChI is InChI=1S/C18H26N4O3/c1-21(11-15-9-16(13-24-2)20-19-15)18(23)14-5-3-7-22(10-14)12-17-6-4-8-25-17/h4,6,8-9,14H,3,5,7,10-13H2,1-2H3,(H,19,20). The zero-order valence-corrected chi connectivity index (χ0v) is 14.9. The quantitative estimate of drug-likeness (QED) is 0.830. The molecule has 136 valence electrons. The first-order valence-electron chi connectivity index (χ1n) is 8.67. The van der Waals surface area contributed by atoms with Gasteiger partial charge in [-0.3, -0.25) is 14.8 Å². The number of H-pyrrole nitrogens is 1. The van der Waals surface area contributed by atoms with Crippen LogP contribution >= 0.6 is 0 Å². The second kappa shape index (κ2) is 8.31. The molecular weight excluding hydrogens is 320 g/mol. The highest BCUT2D eigenvalue weighted by Gasteiger charge is 2.28. The fraction of sp³-hybridized carbons (Fsp3) is 0.556. The van der Waals surface area contributed by atoms with Crippen molar-refractivity contribution in [2.45, 2.75) is 32.5 Å². The van der Waals surface area contributed by atoms with Crippen molar-refractivity contribution in [1.29, 1.82) is 0 Å². The van der Waals surface area contributed by atoms with E-state index in [1.807, 2.05) is 25.2 Å². The van der Waals surface area contributed by atoms with E-state index in [2.05, 4.69) is 15.1 Å². The molecule has 7 nitrogen and oxygen atoms in total. The summed E-state index contributed by atoms with van der Waals surface area (Å²) in [7, 11) is 3.49. The lowest BCUT2D eigenvalue weighted by Gasteiger charge is -2.33. The third kappa shape index (κ3) is 4.70. The van der Waals surface area contributed by atoms with Crippen molar-refractivity contribution >= 4 is 5.91 Å². The van der Waals surface area contributed by atoms with Gasteiger partial charge >= 0.3 is 0 Å². The number of hydrogen-bond acceptors (Lipinski definition) is 5. The van der Waals surface area contributed by atoms with Crippen molar-refractivity contribution in [3.63, 3.8) is 0 Å². The Hall–Kier alpha value is -2.12. The number of aromatic amines is 1. The molecule has 0 spiro atoms. The second-order valence-corrected chi connectivity index (χ2v) is 6.67. The summed E-state index contributed by atoms with van der Waals surface area (Å²) in [6.07, 6.45) is 3.67. The van der Waals surface area contributed by atoms with Gasteiger partial charge in [0.1, 0.15) is 5.76 Å². The summed E-state index contributed by atoms with van der Waals surface area (Å²) in [6.45, 7) is 3.56. The van der Waals surface area contributed by atoms with Crippen LogP contribution in [-0.2, 0) is 29.2 Å². The highest BCUT2D eigenvalue weighted by atomic mass is 16.5. The van der Waals surface area contributed by atoms with Crippen molar-refractivity contribution in [2.75, 3.05) is 27.2 Å². The van der Waals surface area contributed by atoms with Crippen molar-refractivity contribution in [1.82, 2.24) is 20.0 Å². The fourth-order valence-corrected chi connectivity index (χ4v) is 3.38. The molecule has 0 aromatic carbocycles. The maximum atomic E-state index is 12.8. The summed E-state index contributed by atoms with van der Waals surface area (Å²) in [5, 5.41) is 7.15. The minimum atomic E-state index is 0.0371. The summed E-state index contributed by atoms with van der Waals surface area (Å²) in [6, 6.07) is 5.82. The van der Waals surface area contributed by atoms with Crippen molar-refractivity contribution < 1.29 is 13.9 Å². The van der Waals surface area contributed by atoms with Gasteiger partial charge in [0.05, 0.1) is 43.3 Å². The maximum absolute atomic E-state index is 12.8. The third-order valence-corrected chi connectivity index (χ3v) is 4.57. The minimum Gasteiger partial charge on any atom is -0.468 e. The molecule has 1 aliphatic heterocycles. The monoisotopic (exact) mass is 346 g/mol. The van der Waals surface area contributed by atoms with Crippen molar-refractivity contribution in [3.8, 4) is 0 Å². The maximum Gasteiger partial charge on any atom is 0.227 e. The molecule has 0 saturated carbocycles. The number of nitrogens with one attached hydrogen (secondary N) is 1. The highest BCUT2D eigenvalue weighted by Crippen LogP contribution is 2.21. The highest BCUT2D eigenvalue weighted by molar-refractivity contribution is 5.78. The Balaban J connectivity index is 1.53. The van der Waals surface area contributed by atoms with Gasteiger partial charge in [-0.15, -0.1) is 0 Å². The van der Waals surface area contributed by atoms with Gasteiger partial charge in [0.2, 0.25) is 5.91 Å². The smallest absolute Gasteiger partial charge is 0.227 e. The summed E-state index contributed by atoms with van der Waals surface area (Å²) >= 11 is 0. The Morgan fingerprint density at radius 3 is 3.20 bits per heavy atom. The molecule has 1 unspecified atom stereocenters. The number of hydrogen-bond donors (Lipinski definition) is 1. The lowest BCUT2D eigenvalue weighted by Crippen LogP contribution is -2.43. The zero-order chi connectivity index (χ0) is 17.6. The lowest BCUT2D eigenvalue weighted by molar-refractivity contribution is -0.136. The van der Waals surface area contributed by atoms with Gasteiger partial charge in [0.25, 0.3) is 0 Å². The van der Waals surface area contributed by atoms with E-state index in [1.165, 1.54) is 0 Å². The number of carbonyl (C=O) groups is 1. The number of aromatic nitrogens is 2. The SMILES string of the molecule is COCc1cc(CN(C)C(=O)C2CCCN(Cc3ccco3)C2)[nH]n1. The molecule has 1 atom stereocenters. The van der Waals surface area contributed by atoms with Crippen LogP contribution in [0.5, 0.6) is 0 Å². The number of carbonyl (C=O) groups excluding carboxylic acids is 1. The molecule has 1 amide bonds. The predicted octanol–water partition coefficient (Wildman–Crippen LogP) is 2.02. The largest absolute Gasteiger partial charge is 0.468 e. The minimum absolute atomic E-state index is 0.0371. The first-order chi connectivity index (χ1) is 12.2. The molecule has 2 aromatic heterocycles. The molecule has 0 aliphatic carbocycles. The summed E-state index contributed by atoms with van der Waals surface area (Å²) in [5.74, 6) is 1.17. The average Bonchev–Trinajstić information content (AvgIpc) is 3.27. The Bertz CT molecular complexity index is 668. The van der Waals surface area contributed by atoms with Crippen LogP contribution in [0, 0.1) is 5.92 Å². The topological polar surface area (TPSA) is 74.6 Å². The average molecular weight is 346 g/mol. The zero-order valence-electron chi connectivity index (χ0n) is 14.9. The van der Waals surface area contributed by atoms with E-state index in [-0.39, 0.29) is 11.8 Å². The molecule has 7 heteroatoms. The fourth-order valence-electron chi connectivity index (χ4n) is 3.38. The first-order valence-corrected chi connectivity index (χ1v) is 8.67. The Kier molecular flexibility index (Phi) is 5.88. The number of piperidine rings is 1. The van der Waals surface area contributed by atoms with Crippen LogP contribution in [0.2, 0.25) is 0 Å². The van der Waals surface area contributed by atoms with Crippen LogP contribution in [0.1, 0.15) is 30.0 Å². The van der Waals surface area contributed by atoms with Gasteiger partial charge < -0.3 is 14.1 Å². The molecule has 25 heavy (non-hydrogen) atoms. The molecule has 1 fully saturated rings. The van der Waals surface area contributed by atoms with E-state index < -0.39 is 0 Å². The summed E-state index contributed by atoms with van der Waals surface area (Å²) in [5.41, 5.74) is 1.77. The Morgan fingerprint density at radius 2 is 2.44 bits per heavy atom. The Morgan fingerprint density at radius 1 is 1.56 bits per heavy atom. The van der Waals surface area contributed by atoms with Crippen LogP contribution in [0.4, 0.5) is 0 Å². The predicted molar refractivity (Wildman–Crippen MR) is 92.5 cm³/mol. The number of likely N-dealkylation sites (tertiary alicyclic amines) is 1. The van der Waals surface area contributed by atoms with Crippen LogP contribution < -0.4 is 0 Å². The van der Waals surface area contributed by atoms with E-state index in [0.29, 0.717) is 13.2 Å². The lowest BCUT2D eigenvalue weighted by atomic mass is 9.96. The number of furan rings is 1. The summed E-state index contributed by atoms with van der Waals surface area (Å²) in [4.78, 5) is 16.9. The first kappa shape index (κ1) is 17.7. The van der Waals surface area contributed by atoms with Gasteiger partial charge in [-0.25, -0.2) is 0 Å². The molecule has 1 saturated heterocycles. The number of nitrogens with zero attached hydrogens (tertiary/aromatic N) is 3. The molecule has 1 aliphatic rings. The molecule has 3 heterocycles. The normalized spacial score (nSPS) is 18.4. The van der Waals surface area contributed by atoms with E-state index in [4.69, 9.17) is 9.15 Å². The third-order valence-electron chi connectivity index (χ3n) is 4.57. The van der Waals surface area contributed by atoms with Gasteiger partial charge in [-0.1, -0.05) is 0 Å². The molecule has 0 bridgehead atoms. The summed E-state index contributed by atoms with van der Waals surface area (Å²) < 4.78 is 10.5. The van der Waals surface area contributed by atoms with E-state index in [9.17, 15) is 4.79 Å². The van der Waals surface area contributed by atoms with E-state index in [0.717, 1.165) is 49.6 Å². The van der Waals surface area contributed by atoms with Gasteiger partial charge in [-0.05, 0) is 37.6 Å². The van der Waals surface area contributed by atoms with Gasteiger partial charge in [0, 0.05) is 20.7 Å². The van der Waals surface area contributed by atoms with Gasteiger partial charge in [0.15, 0.2) is 0 Å². The van der Waals surface area contributed by atoms with Crippen molar-refractivity contribution in [3.05, 3.63) is 41.6 Å². The molecule has 0 radical (unpaired) electrons. The molecule has 2 aromatic rings. The molecule has 3 rings (SSSR count). The molecular formula is C18H26N4O3. The number of rotatable bonds is 7. The number of amides is 1. The van der Waals surface area contributed by atoms with E-state index in [1.54, 1.807) is 18.3 Å². The van der Waals surface area contributed by atoms with Gasteiger partial charge in [-0.2, -0.15) is 5.10 Å². The van der Waals surface area contributed by atoms with Crippen LogP contribution in [0.15, 0.2) is 28.9 Å². The van der Waals surface area contributed by atoms with Crippen molar-refractivity contribution in [2.24, 2.45) is 5.92 Å². The van der Waals surface area contributed by atoms with Crippen LogP contribution in [-0.4, -0.2) is 53.2 Å². The van der Waals surface area contributed by atoms with Crippen LogP contribution in [0.25, 0.3) is 0 Å².